The van der Waals surface area contributed by atoms with Gasteiger partial charge in [-0.15, -0.1) is 0 Å². The number of hydrogen-bond acceptors (Lipinski definition) is 2. The molecule has 0 radical (unpaired) electrons. The molecule has 0 amide bonds. The summed E-state index contributed by atoms with van der Waals surface area (Å²) >= 11 is 9.35. The van der Waals surface area contributed by atoms with Crippen LogP contribution in [0.1, 0.15) is 18.1 Å². The Balaban J connectivity index is 2.28. The molecular formula is C10H11BrClNO. The first kappa shape index (κ1) is 10.4. The van der Waals surface area contributed by atoms with Crippen LogP contribution in [-0.2, 0) is 4.74 Å². The molecule has 2 unspecified atom stereocenters. The van der Waals surface area contributed by atoms with Crippen molar-refractivity contribution < 1.29 is 4.74 Å². The Morgan fingerprint density at radius 3 is 2.86 bits per heavy atom. The van der Waals surface area contributed by atoms with Crippen molar-refractivity contribution in [3.63, 3.8) is 0 Å². The smallest absolute Gasteiger partial charge is 0.0977 e. The third-order valence-corrected chi connectivity index (χ3v) is 3.64. The van der Waals surface area contributed by atoms with E-state index in [9.17, 15) is 0 Å². The number of halogens is 2. The van der Waals surface area contributed by atoms with E-state index in [1.807, 2.05) is 18.2 Å². The van der Waals surface area contributed by atoms with Gasteiger partial charge in [-0.3, -0.25) is 0 Å². The quantitative estimate of drug-likeness (QED) is 0.856. The van der Waals surface area contributed by atoms with Gasteiger partial charge in [-0.25, -0.2) is 0 Å². The average Bonchev–Trinajstić information content (AvgIpc) is 2.57. The summed E-state index contributed by atoms with van der Waals surface area (Å²) in [6, 6.07) is 5.91. The molecule has 1 fully saturated rings. The molecule has 1 aromatic rings. The molecule has 0 saturated carbocycles. The zero-order chi connectivity index (χ0) is 10.1. The average molecular weight is 277 g/mol. The van der Waals surface area contributed by atoms with Crippen LogP contribution in [0.5, 0.6) is 0 Å². The lowest BCUT2D eigenvalue weighted by atomic mass is 10.0. The lowest BCUT2D eigenvalue weighted by molar-refractivity contribution is 0.105. The second kappa shape index (κ2) is 4.19. The molecule has 1 aromatic carbocycles. The molecule has 1 saturated heterocycles. The van der Waals surface area contributed by atoms with E-state index < -0.39 is 0 Å². The van der Waals surface area contributed by atoms with Gasteiger partial charge in [-0.05, 0) is 40.0 Å². The lowest BCUT2D eigenvalue weighted by Gasteiger charge is -2.15. The van der Waals surface area contributed by atoms with Crippen LogP contribution >= 0.6 is 27.5 Å². The number of rotatable bonds is 1. The van der Waals surface area contributed by atoms with E-state index in [0.29, 0.717) is 5.02 Å². The molecule has 14 heavy (non-hydrogen) atoms. The summed E-state index contributed by atoms with van der Waals surface area (Å²) in [5, 5.41) is 0.699. The van der Waals surface area contributed by atoms with Crippen LogP contribution in [0.15, 0.2) is 22.7 Å². The first-order valence-electron chi connectivity index (χ1n) is 4.50. The first-order valence-corrected chi connectivity index (χ1v) is 5.67. The van der Waals surface area contributed by atoms with Crippen molar-refractivity contribution in [2.45, 2.75) is 18.6 Å². The molecule has 4 heteroatoms. The predicted octanol–water partition coefficient (Wildman–Crippen LogP) is 2.89. The van der Waals surface area contributed by atoms with Gasteiger partial charge in [0, 0.05) is 17.1 Å². The fourth-order valence-electron chi connectivity index (χ4n) is 1.64. The lowest BCUT2D eigenvalue weighted by Crippen LogP contribution is -2.23. The second-order valence-corrected chi connectivity index (χ2v) is 4.68. The zero-order valence-electron chi connectivity index (χ0n) is 7.54. The normalized spacial score (nSPS) is 26.8. The van der Waals surface area contributed by atoms with E-state index in [0.717, 1.165) is 23.1 Å². The Morgan fingerprint density at radius 2 is 2.29 bits per heavy atom. The van der Waals surface area contributed by atoms with Gasteiger partial charge in [0.25, 0.3) is 0 Å². The highest BCUT2D eigenvalue weighted by Gasteiger charge is 2.26. The van der Waals surface area contributed by atoms with Gasteiger partial charge in [0.05, 0.1) is 11.1 Å². The molecule has 0 spiro atoms. The summed E-state index contributed by atoms with van der Waals surface area (Å²) in [5.74, 6) is 0. The van der Waals surface area contributed by atoms with E-state index in [1.54, 1.807) is 0 Å². The predicted molar refractivity (Wildman–Crippen MR) is 60.4 cm³/mol. The second-order valence-electron chi connectivity index (χ2n) is 3.42. The molecule has 0 bridgehead atoms. The molecule has 1 aliphatic heterocycles. The van der Waals surface area contributed by atoms with Crippen LogP contribution in [0.4, 0.5) is 0 Å². The molecule has 1 heterocycles. The van der Waals surface area contributed by atoms with Crippen LogP contribution in [0.25, 0.3) is 0 Å². The third-order valence-electron chi connectivity index (χ3n) is 2.41. The van der Waals surface area contributed by atoms with Gasteiger partial charge in [0.2, 0.25) is 0 Å². The Hall–Kier alpha value is -0.0900. The molecule has 2 rings (SSSR count). The maximum Gasteiger partial charge on any atom is 0.0977 e. The highest BCUT2D eigenvalue weighted by Crippen LogP contribution is 2.32. The van der Waals surface area contributed by atoms with Gasteiger partial charge in [0.15, 0.2) is 0 Å². The van der Waals surface area contributed by atoms with E-state index in [-0.39, 0.29) is 12.1 Å². The summed E-state index contributed by atoms with van der Waals surface area (Å²) in [6.07, 6.45) is 0.916. The van der Waals surface area contributed by atoms with Gasteiger partial charge in [-0.1, -0.05) is 17.7 Å². The SMILES string of the molecule is NC1CCOC1c1ccc(Br)c(Cl)c1. The fraction of sp³-hybridized carbons (Fsp3) is 0.400. The number of benzene rings is 1. The molecular weight excluding hydrogens is 265 g/mol. The minimum absolute atomic E-state index is 0.000556. The number of nitrogens with two attached hydrogens (primary N) is 1. The van der Waals surface area contributed by atoms with E-state index in [2.05, 4.69) is 15.9 Å². The summed E-state index contributed by atoms with van der Waals surface area (Å²) in [6.45, 7) is 0.736. The van der Waals surface area contributed by atoms with Crippen molar-refractivity contribution in [3.05, 3.63) is 33.3 Å². The van der Waals surface area contributed by atoms with Crippen LogP contribution in [0.2, 0.25) is 5.02 Å². The van der Waals surface area contributed by atoms with Gasteiger partial charge in [-0.2, -0.15) is 0 Å². The summed E-state index contributed by atoms with van der Waals surface area (Å²) in [4.78, 5) is 0. The highest BCUT2D eigenvalue weighted by molar-refractivity contribution is 9.10. The van der Waals surface area contributed by atoms with Crippen LogP contribution in [0.3, 0.4) is 0 Å². The molecule has 76 valence electrons. The molecule has 2 N–H and O–H groups in total. The Morgan fingerprint density at radius 1 is 1.50 bits per heavy atom. The van der Waals surface area contributed by atoms with Gasteiger partial charge in [0.1, 0.15) is 0 Å². The minimum atomic E-state index is 0.000556. The van der Waals surface area contributed by atoms with Crippen molar-refractivity contribution in [2.24, 2.45) is 5.73 Å². The fourth-order valence-corrected chi connectivity index (χ4v) is 2.07. The number of hydrogen-bond donors (Lipinski definition) is 1. The van der Waals surface area contributed by atoms with Gasteiger partial charge < -0.3 is 10.5 Å². The Bertz CT molecular complexity index is 345. The third kappa shape index (κ3) is 1.96. The van der Waals surface area contributed by atoms with Crippen molar-refractivity contribution >= 4 is 27.5 Å². The van der Waals surface area contributed by atoms with Crippen molar-refractivity contribution in [1.29, 1.82) is 0 Å². The van der Waals surface area contributed by atoms with Crippen LogP contribution in [-0.4, -0.2) is 12.6 Å². The van der Waals surface area contributed by atoms with Crippen molar-refractivity contribution in [2.75, 3.05) is 6.61 Å². The monoisotopic (exact) mass is 275 g/mol. The van der Waals surface area contributed by atoms with Crippen LogP contribution < -0.4 is 5.73 Å². The van der Waals surface area contributed by atoms with Gasteiger partial charge >= 0.3 is 0 Å². The maximum atomic E-state index is 6.00. The summed E-state index contributed by atoms with van der Waals surface area (Å²) < 4.78 is 6.44. The minimum Gasteiger partial charge on any atom is -0.372 e. The molecule has 2 atom stereocenters. The summed E-state index contributed by atoms with van der Waals surface area (Å²) in [7, 11) is 0. The first-order chi connectivity index (χ1) is 6.68. The maximum absolute atomic E-state index is 6.00. The molecule has 0 aliphatic carbocycles. The van der Waals surface area contributed by atoms with Crippen molar-refractivity contribution in [3.8, 4) is 0 Å². The number of ether oxygens (including phenoxy) is 1. The standard InChI is InChI=1S/C10H11BrClNO/c11-7-2-1-6(5-8(7)12)10-9(13)3-4-14-10/h1-2,5,9-10H,3-4,13H2. The molecule has 1 aliphatic rings. The highest BCUT2D eigenvalue weighted by atomic mass is 79.9. The zero-order valence-corrected chi connectivity index (χ0v) is 9.88. The Labute approximate surface area is 96.5 Å². The largest absolute Gasteiger partial charge is 0.372 e. The van der Waals surface area contributed by atoms with E-state index >= 15 is 0 Å². The molecule has 2 nitrogen and oxygen atoms in total. The van der Waals surface area contributed by atoms with Crippen LogP contribution in [0, 0.1) is 0 Å². The topological polar surface area (TPSA) is 35.2 Å². The van der Waals surface area contributed by atoms with E-state index in [1.165, 1.54) is 0 Å². The summed E-state index contributed by atoms with van der Waals surface area (Å²) in [5.41, 5.74) is 6.98. The Kier molecular flexibility index (Phi) is 3.12. The molecule has 0 aromatic heterocycles. The van der Waals surface area contributed by atoms with Crippen molar-refractivity contribution in [1.82, 2.24) is 0 Å². The van der Waals surface area contributed by atoms with E-state index in [4.69, 9.17) is 22.1 Å².